The van der Waals surface area contributed by atoms with Gasteiger partial charge in [-0.05, 0) is 18.8 Å². The quantitative estimate of drug-likeness (QED) is 0.478. The normalized spacial score (nSPS) is 20.4. The molecule has 8 nitrogen and oxygen atoms in total. The molecule has 0 aromatic carbocycles. The number of carboxylic acid groups (broad SMARTS) is 4. The van der Waals surface area contributed by atoms with E-state index in [0.29, 0.717) is 5.57 Å². The van der Waals surface area contributed by atoms with Gasteiger partial charge < -0.3 is 20.4 Å². The molecule has 1 aliphatic rings. The molecule has 0 amide bonds. The summed E-state index contributed by atoms with van der Waals surface area (Å²) in [6.45, 7) is 0. The molecule has 0 aromatic heterocycles. The number of rotatable bonds is 8. The highest BCUT2D eigenvalue weighted by Crippen LogP contribution is 2.37. The highest BCUT2D eigenvalue weighted by Gasteiger charge is 2.36. The summed E-state index contributed by atoms with van der Waals surface area (Å²) in [4.78, 5) is 43.6. The molecule has 3 atom stereocenters. The first-order chi connectivity index (χ1) is 9.72. The first-order valence-corrected chi connectivity index (χ1v) is 6.30. The van der Waals surface area contributed by atoms with Crippen molar-refractivity contribution in [1.29, 1.82) is 0 Å². The number of hydrogen-bond acceptors (Lipinski definition) is 4. The zero-order valence-corrected chi connectivity index (χ0v) is 11.1. The van der Waals surface area contributed by atoms with Crippen molar-refractivity contribution >= 4 is 23.9 Å². The Labute approximate surface area is 119 Å². The Bertz CT molecular complexity index is 492. The van der Waals surface area contributed by atoms with Gasteiger partial charge in [0.1, 0.15) is 0 Å². The summed E-state index contributed by atoms with van der Waals surface area (Å²) in [5, 5.41) is 35.5. The molecule has 0 saturated carbocycles. The first-order valence-electron chi connectivity index (χ1n) is 6.30. The van der Waals surface area contributed by atoms with Crippen molar-refractivity contribution in [2.24, 2.45) is 17.8 Å². The van der Waals surface area contributed by atoms with Gasteiger partial charge in [-0.25, -0.2) is 0 Å². The molecule has 21 heavy (non-hydrogen) atoms. The summed E-state index contributed by atoms with van der Waals surface area (Å²) >= 11 is 0. The number of aliphatic carboxylic acids is 4. The van der Waals surface area contributed by atoms with Gasteiger partial charge in [-0.1, -0.05) is 11.6 Å². The van der Waals surface area contributed by atoms with Crippen LogP contribution in [0.5, 0.6) is 0 Å². The van der Waals surface area contributed by atoms with E-state index in [1.165, 1.54) is 6.08 Å². The van der Waals surface area contributed by atoms with Gasteiger partial charge in [-0.2, -0.15) is 0 Å². The van der Waals surface area contributed by atoms with Crippen LogP contribution in [0, 0.1) is 17.8 Å². The highest BCUT2D eigenvalue weighted by molar-refractivity contribution is 5.81. The van der Waals surface area contributed by atoms with E-state index in [2.05, 4.69) is 0 Å². The predicted octanol–water partition coefficient (Wildman–Crippen LogP) is 0.674. The first kappa shape index (κ1) is 16.7. The SMILES string of the molecule is O=C(O)CC(C(=O)O)C1=CCC(C(CC(=O)O)C(=O)O)C1. The van der Waals surface area contributed by atoms with E-state index < -0.39 is 54.5 Å². The van der Waals surface area contributed by atoms with E-state index >= 15 is 0 Å². The van der Waals surface area contributed by atoms with Crippen molar-refractivity contribution < 1.29 is 39.6 Å². The van der Waals surface area contributed by atoms with E-state index in [9.17, 15) is 19.2 Å². The van der Waals surface area contributed by atoms with Crippen molar-refractivity contribution in [3.63, 3.8) is 0 Å². The number of hydrogen-bond donors (Lipinski definition) is 4. The van der Waals surface area contributed by atoms with Crippen LogP contribution in [0.1, 0.15) is 25.7 Å². The van der Waals surface area contributed by atoms with Crippen molar-refractivity contribution in [3.8, 4) is 0 Å². The molecular weight excluding hydrogens is 284 g/mol. The third-order valence-electron chi connectivity index (χ3n) is 3.59. The summed E-state index contributed by atoms with van der Waals surface area (Å²) in [6, 6.07) is 0. The molecule has 3 unspecified atom stereocenters. The van der Waals surface area contributed by atoms with Gasteiger partial charge in [0.05, 0.1) is 24.7 Å². The lowest BCUT2D eigenvalue weighted by Crippen LogP contribution is -2.26. The van der Waals surface area contributed by atoms with Gasteiger partial charge >= 0.3 is 23.9 Å². The van der Waals surface area contributed by atoms with Crippen LogP contribution in [0.2, 0.25) is 0 Å². The zero-order chi connectivity index (χ0) is 16.2. The number of carboxylic acids is 4. The maximum atomic E-state index is 11.1. The van der Waals surface area contributed by atoms with Gasteiger partial charge in [-0.3, -0.25) is 19.2 Å². The van der Waals surface area contributed by atoms with Crippen molar-refractivity contribution in [1.82, 2.24) is 0 Å². The van der Waals surface area contributed by atoms with Gasteiger partial charge in [0.25, 0.3) is 0 Å². The summed E-state index contributed by atoms with van der Waals surface area (Å²) in [6.07, 6.45) is 0.726. The lowest BCUT2D eigenvalue weighted by Gasteiger charge is -2.19. The molecule has 0 aromatic rings. The Morgan fingerprint density at radius 1 is 1.00 bits per heavy atom. The fourth-order valence-corrected chi connectivity index (χ4v) is 2.56. The second-order valence-corrected chi connectivity index (χ2v) is 5.01. The van der Waals surface area contributed by atoms with Crippen molar-refractivity contribution in [2.45, 2.75) is 25.7 Å². The van der Waals surface area contributed by atoms with Crippen LogP contribution in [-0.4, -0.2) is 44.3 Å². The number of allylic oxidation sites excluding steroid dienone is 1. The second kappa shape index (κ2) is 6.87. The molecule has 1 aliphatic carbocycles. The molecule has 0 saturated heterocycles. The fraction of sp³-hybridized carbons (Fsp3) is 0.538. The summed E-state index contributed by atoms with van der Waals surface area (Å²) in [5.74, 6) is -7.87. The van der Waals surface area contributed by atoms with E-state index in [-0.39, 0.29) is 12.8 Å². The molecule has 0 aliphatic heterocycles. The maximum Gasteiger partial charge on any atom is 0.311 e. The minimum Gasteiger partial charge on any atom is -0.481 e. The van der Waals surface area contributed by atoms with Gasteiger partial charge in [0.15, 0.2) is 0 Å². The summed E-state index contributed by atoms with van der Waals surface area (Å²) in [5.41, 5.74) is 0.353. The molecule has 0 heterocycles. The molecule has 0 bridgehead atoms. The Morgan fingerprint density at radius 2 is 1.57 bits per heavy atom. The van der Waals surface area contributed by atoms with E-state index in [0.717, 1.165) is 0 Å². The van der Waals surface area contributed by atoms with Crippen LogP contribution >= 0.6 is 0 Å². The Hall–Kier alpha value is -2.38. The minimum absolute atomic E-state index is 0.0918. The van der Waals surface area contributed by atoms with Crippen molar-refractivity contribution in [2.75, 3.05) is 0 Å². The predicted molar refractivity (Wildman–Crippen MR) is 67.6 cm³/mol. The van der Waals surface area contributed by atoms with Crippen LogP contribution in [0.3, 0.4) is 0 Å². The third-order valence-corrected chi connectivity index (χ3v) is 3.59. The molecule has 116 valence electrons. The van der Waals surface area contributed by atoms with Crippen LogP contribution in [-0.2, 0) is 19.2 Å². The van der Waals surface area contributed by atoms with Crippen LogP contribution in [0.15, 0.2) is 11.6 Å². The molecule has 0 fully saturated rings. The summed E-state index contributed by atoms with van der Waals surface area (Å²) < 4.78 is 0. The smallest absolute Gasteiger partial charge is 0.311 e. The van der Waals surface area contributed by atoms with E-state index in [1.54, 1.807) is 0 Å². The highest BCUT2D eigenvalue weighted by atomic mass is 16.4. The monoisotopic (exact) mass is 300 g/mol. The molecule has 0 spiro atoms. The average Bonchev–Trinajstić information content (AvgIpc) is 2.80. The maximum absolute atomic E-state index is 11.1. The Balaban J connectivity index is 2.79. The van der Waals surface area contributed by atoms with Crippen LogP contribution < -0.4 is 0 Å². The largest absolute Gasteiger partial charge is 0.481 e. The topological polar surface area (TPSA) is 149 Å². The van der Waals surface area contributed by atoms with Crippen molar-refractivity contribution in [3.05, 3.63) is 11.6 Å². The fourth-order valence-electron chi connectivity index (χ4n) is 2.56. The Kier molecular flexibility index (Phi) is 5.45. The number of carbonyl (C=O) groups is 4. The van der Waals surface area contributed by atoms with Gasteiger partial charge in [0, 0.05) is 0 Å². The second-order valence-electron chi connectivity index (χ2n) is 5.01. The average molecular weight is 300 g/mol. The van der Waals surface area contributed by atoms with E-state index in [4.69, 9.17) is 20.4 Å². The zero-order valence-electron chi connectivity index (χ0n) is 11.1. The van der Waals surface area contributed by atoms with Crippen LogP contribution in [0.4, 0.5) is 0 Å². The molecule has 8 heteroatoms. The Morgan fingerprint density at radius 3 is 2.00 bits per heavy atom. The van der Waals surface area contributed by atoms with Gasteiger partial charge in [-0.15, -0.1) is 0 Å². The standard InChI is InChI=1S/C13H16O8/c14-10(15)4-8(12(18)19)6-1-2-7(3-6)9(13(20)21)5-11(16)17/h1,7-9H,2-5H2,(H,14,15)(H,16,17)(H,18,19)(H,20,21). The van der Waals surface area contributed by atoms with Crippen LogP contribution in [0.25, 0.3) is 0 Å². The molecule has 4 N–H and O–H groups in total. The van der Waals surface area contributed by atoms with E-state index in [1.807, 2.05) is 0 Å². The minimum atomic E-state index is -1.28. The lowest BCUT2D eigenvalue weighted by molar-refractivity contribution is -0.150. The molecular formula is C13H16O8. The van der Waals surface area contributed by atoms with Gasteiger partial charge in [0.2, 0.25) is 0 Å². The summed E-state index contributed by atoms with van der Waals surface area (Å²) in [7, 11) is 0. The lowest BCUT2D eigenvalue weighted by atomic mass is 9.84. The molecule has 1 rings (SSSR count). The molecule has 0 radical (unpaired) electrons. The third kappa shape index (κ3) is 4.59.